The molecule has 1 aromatic rings. The van der Waals surface area contributed by atoms with E-state index in [1.165, 1.54) is 5.01 Å². The van der Waals surface area contributed by atoms with Gasteiger partial charge >= 0.3 is 0 Å². The number of ether oxygens (including phenoxy) is 2. The van der Waals surface area contributed by atoms with Crippen LogP contribution < -0.4 is 5.32 Å². The van der Waals surface area contributed by atoms with Crippen molar-refractivity contribution in [3.8, 4) is 0 Å². The topological polar surface area (TPSA) is 59.0 Å². The SMILES string of the molecule is CCNC(=NCc1csc(CC)n1)N1CCC(OCCCOC)CC1. The molecule has 2 rings (SSSR count). The molecule has 2 heterocycles. The fraction of sp³-hybridized carbons (Fsp3) is 0.778. The zero-order valence-corrected chi connectivity index (χ0v) is 16.6. The number of methoxy groups -OCH3 is 1. The van der Waals surface area contributed by atoms with E-state index in [2.05, 4.69) is 34.4 Å². The van der Waals surface area contributed by atoms with Crippen LogP contribution in [0.5, 0.6) is 0 Å². The standard InChI is InChI=1S/C18H32N4O2S/c1-4-17-21-15(14-25-17)13-20-18(19-5-2)22-9-7-16(8-10-22)24-12-6-11-23-3/h14,16H,4-13H2,1-3H3,(H,19,20). The molecule has 1 saturated heterocycles. The number of guanidine groups is 1. The van der Waals surface area contributed by atoms with Gasteiger partial charge in [-0.1, -0.05) is 6.92 Å². The fourth-order valence-corrected chi connectivity index (χ4v) is 3.59. The number of aromatic nitrogens is 1. The Morgan fingerprint density at radius 3 is 2.80 bits per heavy atom. The second kappa shape index (κ2) is 11.4. The molecule has 0 radical (unpaired) electrons. The van der Waals surface area contributed by atoms with Gasteiger partial charge in [-0.2, -0.15) is 0 Å². The van der Waals surface area contributed by atoms with Gasteiger partial charge in [-0.25, -0.2) is 9.98 Å². The normalized spacial score (nSPS) is 16.4. The summed E-state index contributed by atoms with van der Waals surface area (Å²) in [5.74, 6) is 0.992. The highest BCUT2D eigenvalue weighted by Gasteiger charge is 2.21. The molecular weight excluding hydrogens is 336 g/mol. The summed E-state index contributed by atoms with van der Waals surface area (Å²) in [5, 5.41) is 6.71. The monoisotopic (exact) mass is 368 g/mol. The Labute approximate surface area is 155 Å². The van der Waals surface area contributed by atoms with Crippen LogP contribution in [0.4, 0.5) is 0 Å². The summed E-state index contributed by atoms with van der Waals surface area (Å²) in [6, 6.07) is 0. The first-order chi connectivity index (χ1) is 12.3. The molecule has 0 spiro atoms. The lowest BCUT2D eigenvalue weighted by atomic mass is 10.1. The molecule has 25 heavy (non-hydrogen) atoms. The van der Waals surface area contributed by atoms with Crippen molar-refractivity contribution >= 4 is 17.3 Å². The highest BCUT2D eigenvalue weighted by molar-refractivity contribution is 7.09. The highest BCUT2D eigenvalue weighted by Crippen LogP contribution is 2.15. The third-order valence-electron chi connectivity index (χ3n) is 4.22. The van der Waals surface area contributed by atoms with Crippen LogP contribution in [0, 0.1) is 0 Å². The molecule has 1 fully saturated rings. The largest absolute Gasteiger partial charge is 0.385 e. The predicted octanol–water partition coefficient (Wildman–Crippen LogP) is 2.69. The van der Waals surface area contributed by atoms with Gasteiger partial charge in [0.25, 0.3) is 0 Å². The summed E-state index contributed by atoms with van der Waals surface area (Å²) in [6.07, 6.45) is 4.42. The first kappa shape index (κ1) is 20.1. The minimum atomic E-state index is 0.363. The van der Waals surface area contributed by atoms with E-state index in [-0.39, 0.29) is 0 Å². The Kier molecular flexibility index (Phi) is 9.21. The highest BCUT2D eigenvalue weighted by atomic mass is 32.1. The number of hydrogen-bond donors (Lipinski definition) is 1. The molecule has 1 aliphatic rings. The molecule has 0 bridgehead atoms. The number of piperidine rings is 1. The van der Waals surface area contributed by atoms with Crippen LogP contribution in [0.25, 0.3) is 0 Å². The number of hydrogen-bond acceptors (Lipinski definition) is 5. The zero-order chi connectivity index (χ0) is 17.9. The van der Waals surface area contributed by atoms with Crippen LogP contribution in [-0.4, -0.2) is 61.9 Å². The summed E-state index contributed by atoms with van der Waals surface area (Å²) in [6.45, 7) is 9.30. The molecular formula is C18H32N4O2S. The van der Waals surface area contributed by atoms with Gasteiger partial charge in [0.05, 0.1) is 23.4 Å². The van der Waals surface area contributed by atoms with Crippen molar-refractivity contribution in [2.45, 2.75) is 52.2 Å². The van der Waals surface area contributed by atoms with Crippen molar-refractivity contribution in [1.82, 2.24) is 15.2 Å². The van der Waals surface area contributed by atoms with E-state index < -0.39 is 0 Å². The summed E-state index contributed by atoms with van der Waals surface area (Å²) >= 11 is 1.72. The molecule has 0 aromatic carbocycles. The fourth-order valence-electron chi connectivity index (χ4n) is 2.85. The Balaban J connectivity index is 1.81. The van der Waals surface area contributed by atoms with Crippen molar-refractivity contribution in [2.24, 2.45) is 4.99 Å². The van der Waals surface area contributed by atoms with Gasteiger partial charge in [-0.05, 0) is 32.6 Å². The maximum Gasteiger partial charge on any atom is 0.194 e. The second-order valence-corrected chi connectivity index (χ2v) is 7.10. The average molecular weight is 369 g/mol. The van der Waals surface area contributed by atoms with Crippen molar-refractivity contribution in [1.29, 1.82) is 0 Å². The molecule has 0 unspecified atom stereocenters. The van der Waals surface area contributed by atoms with Crippen LogP contribution in [0.15, 0.2) is 10.4 Å². The van der Waals surface area contributed by atoms with Crippen LogP contribution in [0.3, 0.4) is 0 Å². The Bertz CT molecular complexity index is 513. The molecule has 0 atom stereocenters. The first-order valence-electron chi connectivity index (χ1n) is 9.33. The van der Waals surface area contributed by atoms with Crippen molar-refractivity contribution in [2.75, 3.05) is 40.0 Å². The molecule has 0 saturated carbocycles. The molecule has 7 heteroatoms. The zero-order valence-electron chi connectivity index (χ0n) is 15.8. The van der Waals surface area contributed by atoms with Crippen LogP contribution in [0.1, 0.15) is 43.8 Å². The van der Waals surface area contributed by atoms with Crippen molar-refractivity contribution in [3.05, 3.63) is 16.1 Å². The van der Waals surface area contributed by atoms with E-state index in [4.69, 9.17) is 14.5 Å². The third-order valence-corrected chi connectivity index (χ3v) is 5.26. The van der Waals surface area contributed by atoms with Crippen LogP contribution in [0.2, 0.25) is 0 Å². The Morgan fingerprint density at radius 2 is 2.16 bits per heavy atom. The van der Waals surface area contributed by atoms with Gasteiger partial charge in [0.1, 0.15) is 0 Å². The second-order valence-electron chi connectivity index (χ2n) is 6.16. The van der Waals surface area contributed by atoms with Gasteiger partial charge < -0.3 is 19.7 Å². The quantitative estimate of drug-likeness (QED) is 0.413. The Hall–Kier alpha value is -1.18. The van der Waals surface area contributed by atoms with Gasteiger partial charge in [-0.3, -0.25) is 0 Å². The van der Waals surface area contributed by atoms with Crippen LogP contribution >= 0.6 is 11.3 Å². The van der Waals surface area contributed by atoms with E-state index in [9.17, 15) is 0 Å². The van der Waals surface area contributed by atoms with E-state index in [1.54, 1.807) is 18.4 Å². The number of nitrogens with zero attached hydrogens (tertiary/aromatic N) is 3. The number of rotatable bonds is 9. The lowest BCUT2D eigenvalue weighted by Gasteiger charge is -2.34. The van der Waals surface area contributed by atoms with E-state index in [1.807, 2.05) is 0 Å². The molecule has 1 aromatic heterocycles. The molecule has 1 aliphatic heterocycles. The molecule has 1 N–H and O–H groups in total. The van der Waals surface area contributed by atoms with Crippen molar-refractivity contribution in [3.63, 3.8) is 0 Å². The summed E-state index contributed by atoms with van der Waals surface area (Å²) < 4.78 is 11.0. The number of thiazole rings is 1. The summed E-state index contributed by atoms with van der Waals surface area (Å²) in [5.41, 5.74) is 1.06. The van der Waals surface area contributed by atoms with Gasteiger partial charge in [0.15, 0.2) is 5.96 Å². The maximum absolute atomic E-state index is 5.94. The molecule has 0 amide bonds. The van der Waals surface area contributed by atoms with Gasteiger partial charge in [-0.15, -0.1) is 11.3 Å². The number of nitrogens with one attached hydrogen (secondary N) is 1. The van der Waals surface area contributed by atoms with Gasteiger partial charge in [0, 0.05) is 45.3 Å². The molecule has 142 valence electrons. The van der Waals surface area contributed by atoms with E-state index in [0.717, 1.165) is 70.2 Å². The first-order valence-corrected chi connectivity index (χ1v) is 10.2. The lowest BCUT2D eigenvalue weighted by Crippen LogP contribution is -2.47. The van der Waals surface area contributed by atoms with E-state index >= 15 is 0 Å². The maximum atomic E-state index is 5.94. The minimum Gasteiger partial charge on any atom is -0.385 e. The Morgan fingerprint density at radius 1 is 1.36 bits per heavy atom. The summed E-state index contributed by atoms with van der Waals surface area (Å²) in [7, 11) is 1.73. The van der Waals surface area contributed by atoms with E-state index in [0.29, 0.717) is 12.6 Å². The smallest absolute Gasteiger partial charge is 0.194 e. The van der Waals surface area contributed by atoms with Crippen LogP contribution in [-0.2, 0) is 22.4 Å². The lowest BCUT2D eigenvalue weighted by molar-refractivity contribution is 0.00990. The van der Waals surface area contributed by atoms with Crippen molar-refractivity contribution < 1.29 is 9.47 Å². The number of likely N-dealkylation sites (tertiary alicyclic amines) is 1. The molecule has 0 aliphatic carbocycles. The minimum absolute atomic E-state index is 0.363. The number of aryl methyl sites for hydroxylation is 1. The van der Waals surface area contributed by atoms with Gasteiger partial charge in [0.2, 0.25) is 0 Å². The predicted molar refractivity (Wildman–Crippen MR) is 103 cm³/mol. The summed E-state index contributed by atoms with van der Waals surface area (Å²) in [4.78, 5) is 11.7. The average Bonchev–Trinajstić information content (AvgIpc) is 3.11. The number of aliphatic imine (C=N–C) groups is 1. The molecule has 6 nitrogen and oxygen atoms in total. The third kappa shape index (κ3) is 6.92.